The summed E-state index contributed by atoms with van der Waals surface area (Å²) in [7, 11) is 1.46. The Morgan fingerprint density at radius 3 is 2.78 bits per heavy atom. The molecule has 1 aliphatic rings. The molecule has 4 nitrogen and oxygen atoms in total. The van der Waals surface area contributed by atoms with Crippen molar-refractivity contribution in [2.24, 2.45) is 5.92 Å². The second-order valence-corrected chi connectivity index (χ2v) is 5.55. The van der Waals surface area contributed by atoms with Gasteiger partial charge in [0, 0.05) is 13.0 Å². The number of esters is 1. The maximum Gasteiger partial charge on any atom is 0.326 e. The smallest absolute Gasteiger partial charge is 0.326 e. The van der Waals surface area contributed by atoms with Crippen molar-refractivity contribution in [1.29, 1.82) is 0 Å². The van der Waals surface area contributed by atoms with Crippen LogP contribution in [0.5, 0.6) is 0 Å². The molecule has 1 aliphatic carbocycles. The highest BCUT2D eigenvalue weighted by molar-refractivity contribution is 5.81. The fraction of sp³-hybridized carbons (Fsp3) is 0.929. The van der Waals surface area contributed by atoms with Gasteiger partial charge in [-0.1, -0.05) is 20.8 Å². The van der Waals surface area contributed by atoms with Gasteiger partial charge in [0.1, 0.15) is 5.54 Å². The van der Waals surface area contributed by atoms with E-state index in [1.165, 1.54) is 7.11 Å². The number of carbonyl (C=O) groups excluding carboxylic acids is 1. The molecule has 2 atom stereocenters. The van der Waals surface area contributed by atoms with Gasteiger partial charge in [-0.15, -0.1) is 0 Å². The van der Waals surface area contributed by atoms with Gasteiger partial charge in [0.15, 0.2) is 0 Å². The Balaban J connectivity index is 2.64. The highest BCUT2D eigenvalue weighted by atomic mass is 16.5. The van der Waals surface area contributed by atoms with E-state index in [1.54, 1.807) is 0 Å². The fourth-order valence-corrected chi connectivity index (χ4v) is 2.65. The second kappa shape index (κ2) is 7.10. The molecule has 0 aliphatic heterocycles. The van der Waals surface area contributed by atoms with Crippen LogP contribution < -0.4 is 5.32 Å². The largest absolute Gasteiger partial charge is 0.468 e. The summed E-state index contributed by atoms with van der Waals surface area (Å²) >= 11 is 0. The molecule has 4 heteroatoms. The molecule has 0 aromatic heterocycles. The summed E-state index contributed by atoms with van der Waals surface area (Å²) in [6.07, 6.45) is 3.77. The molecule has 1 rings (SSSR count). The summed E-state index contributed by atoms with van der Waals surface area (Å²) in [6.45, 7) is 7.82. The topological polar surface area (TPSA) is 47.6 Å². The molecular formula is C14H27NO3. The van der Waals surface area contributed by atoms with Gasteiger partial charge in [-0.25, -0.2) is 0 Å². The quantitative estimate of drug-likeness (QED) is 0.740. The first-order valence-corrected chi connectivity index (χ1v) is 6.99. The van der Waals surface area contributed by atoms with E-state index in [-0.39, 0.29) is 12.1 Å². The number of nitrogens with one attached hydrogen (secondary N) is 1. The van der Waals surface area contributed by atoms with E-state index in [0.29, 0.717) is 5.92 Å². The van der Waals surface area contributed by atoms with Crippen molar-refractivity contribution in [1.82, 2.24) is 5.32 Å². The Hall–Kier alpha value is -0.610. The Morgan fingerprint density at radius 1 is 1.50 bits per heavy atom. The van der Waals surface area contributed by atoms with E-state index in [4.69, 9.17) is 9.47 Å². The van der Waals surface area contributed by atoms with Crippen molar-refractivity contribution in [2.75, 3.05) is 20.3 Å². The van der Waals surface area contributed by atoms with Crippen molar-refractivity contribution in [2.45, 2.75) is 58.1 Å². The van der Waals surface area contributed by atoms with Crippen LogP contribution in [0.1, 0.15) is 46.5 Å². The van der Waals surface area contributed by atoms with Gasteiger partial charge in [0.05, 0.1) is 13.2 Å². The van der Waals surface area contributed by atoms with Gasteiger partial charge in [-0.2, -0.15) is 0 Å². The zero-order valence-electron chi connectivity index (χ0n) is 12.1. The van der Waals surface area contributed by atoms with Crippen LogP contribution in [0.2, 0.25) is 0 Å². The minimum absolute atomic E-state index is 0.151. The summed E-state index contributed by atoms with van der Waals surface area (Å²) in [5, 5.41) is 3.31. The number of rotatable bonds is 6. The summed E-state index contributed by atoms with van der Waals surface area (Å²) < 4.78 is 10.9. The zero-order valence-corrected chi connectivity index (χ0v) is 12.1. The van der Waals surface area contributed by atoms with Gasteiger partial charge < -0.3 is 14.8 Å². The van der Waals surface area contributed by atoms with Gasteiger partial charge in [-0.3, -0.25) is 4.79 Å². The molecule has 106 valence electrons. The van der Waals surface area contributed by atoms with Crippen LogP contribution in [-0.2, 0) is 14.3 Å². The van der Waals surface area contributed by atoms with E-state index in [9.17, 15) is 4.79 Å². The number of hydrogen-bond acceptors (Lipinski definition) is 4. The molecule has 0 saturated heterocycles. The Morgan fingerprint density at radius 2 is 2.22 bits per heavy atom. The van der Waals surface area contributed by atoms with Crippen LogP contribution in [0.25, 0.3) is 0 Å². The molecule has 0 aromatic rings. The molecule has 0 bridgehead atoms. The monoisotopic (exact) mass is 257 g/mol. The van der Waals surface area contributed by atoms with E-state index in [0.717, 1.165) is 38.8 Å². The lowest BCUT2D eigenvalue weighted by Gasteiger charge is -2.39. The number of hydrogen-bond donors (Lipinski definition) is 1. The number of likely N-dealkylation sites (N-methyl/N-ethyl adjacent to an activating group) is 1. The molecule has 0 heterocycles. The normalized spacial score (nSPS) is 28.4. The van der Waals surface area contributed by atoms with Gasteiger partial charge >= 0.3 is 5.97 Å². The van der Waals surface area contributed by atoms with E-state index < -0.39 is 5.54 Å². The first-order valence-electron chi connectivity index (χ1n) is 6.99. The summed E-state index contributed by atoms with van der Waals surface area (Å²) in [5.74, 6) is 0.376. The third-order valence-corrected chi connectivity index (χ3v) is 3.46. The van der Waals surface area contributed by atoms with Crippen LogP contribution in [0.15, 0.2) is 0 Å². The first kappa shape index (κ1) is 15.4. The molecule has 0 aromatic carbocycles. The lowest BCUT2D eigenvalue weighted by Crippen LogP contribution is -2.56. The maximum atomic E-state index is 12.0. The van der Waals surface area contributed by atoms with Crippen LogP contribution in [0.4, 0.5) is 0 Å². The molecule has 1 saturated carbocycles. The minimum Gasteiger partial charge on any atom is -0.468 e. The van der Waals surface area contributed by atoms with Crippen molar-refractivity contribution in [3.63, 3.8) is 0 Å². The van der Waals surface area contributed by atoms with Crippen molar-refractivity contribution in [3.05, 3.63) is 0 Å². The molecular weight excluding hydrogens is 230 g/mol. The van der Waals surface area contributed by atoms with Crippen molar-refractivity contribution >= 4 is 5.97 Å². The molecule has 18 heavy (non-hydrogen) atoms. The van der Waals surface area contributed by atoms with Crippen LogP contribution in [-0.4, -0.2) is 37.9 Å². The van der Waals surface area contributed by atoms with Crippen LogP contribution in [0.3, 0.4) is 0 Å². The Labute approximate surface area is 110 Å². The van der Waals surface area contributed by atoms with Gasteiger partial charge in [-0.05, 0) is 31.7 Å². The Bertz CT molecular complexity index is 264. The summed E-state index contributed by atoms with van der Waals surface area (Å²) in [5.41, 5.74) is -0.538. The SMILES string of the molecule is CCNC1(C(=O)OC)CCCC(OCC(C)C)C1. The molecule has 0 spiro atoms. The highest BCUT2D eigenvalue weighted by Gasteiger charge is 2.43. The number of methoxy groups -OCH3 is 1. The lowest BCUT2D eigenvalue weighted by atomic mass is 9.80. The zero-order chi connectivity index (χ0) is 13.6. The standard InChI is InChI=1S/C14H27NO3/c1-5-15-14(13(16)17-4)8-6-7-12(9-14)18-10-11(2)3/h11-12,15H,5-10H2,1-4H3. The summed E-state index contributed by atoms with van der Waals surface area (Å²) in [4.78, 5) is 12.0. The lowest BCUT2D eigenvalue weighted by molar-refractivity contribution is -0.153. The van der Waals surface area contributed by atoms with Crippen LogP contribution in [0, 0.1) is 5.92 Å². The molecule has 0 amide bonds. The minimum atomic E-state index is -0.538. The predicted octanol–water partition coefficient (Wildman–Crippen LogP) is 2.12. The van der Waals surface area contributed by atoms with E-state index >= 15 is 0 Å². The molecule has 1 fully saturated rings. The van der Waals surface area contributed by atoms with Crippen molar-refractivity contribution < 1.29 is 14.3 Å². The maximum absolute atomic E-state index is 12.0. The average Bonchev–Trinajstić information content (AvgIpc) is 2.36. The number of carbonyl (C=O) groups is 1. The highest BCUT2D eigenvalue weighted by Crippen LogP contribution is 2.31. The fourth-order valence-electron chi connectivity index (χ4n) is 2.65. The van der Waals surface area contributed by atoms with E-state index in [1.807, 2.05) is 6.92 Å². The second-order valence-electron chi connectivity index (χ2n) is 5.55. The molecule has 2 unspecified atom stereocenters. The first-order chi connectivity index (χ1) is 8.54. The number of ether oxygens (including phenoxy) is 2. The van der Waals surface area contributed by atoms with E-state index in [2.05, 4.69) is 19.2 Å². The predicted molar refractivity (Wildman–Crippen MR) is 71.5 cm³/mol. The van der Waals surface area contributed by atoms with Crippen molar-refractivity contribution in [3.8, 4) is 0 Å². The summed E-state index contributed by atoms with van der Waals surface area (Å²) in [6, 6.07) is 0. The Kier molecular flexibility index (Phi) is 6.09. The average molecular weight is 257 g/mol. The van der Waals surface area contributed by atoms with Gasteiger partial charge in [0.25, 0.3) is 0 Å². The molecule has 1 N–H and O–H groups in total. The molecule has 0 radical (unpaired) electrons. The third-order valence-electron chi connectivity index (χ3n) is 3.46. The third kappa shape index (κ3) is 3.95. The van der Waals surface area contributed by atoms with Crippen LogP contribution >= 0.6 is 0 Å². The van der Waals surface area contributed by atoms with Gasteiger partial charge in [0.2, 0.25) is 0 Å².